The molecule has 0 atom stereocenters. The molecule has 0 aliphatic heterocycles. The molecule has 0 saturated heterocycles. The highest BCUT2D eigenvalue weighted by Gasteiger charge is 2.19. The number of hydrogen-bond donors (Lipinski definition) is 1. The second kappa shape index (κ2) is 8.38. The van der Waals surface area contributed by atoms with Crippen molar-refractivity contribution < 1.29 is 24.1 Å². The number of methoxy groups -OCH3 is 2. The Morgan fingerprint density at radius 3 is 2.07 bits per heavy atom. The van der Waals surface area contributed by atoms with Crippen LogP contribution in [0.1, 0.15) is 15.9 Å². The van der Waals surface area contributed by atoms with Crippen LogP contribution in [0.2, 0.25) is 0 Å². The summed E-state index contributed by atoms with van der Waals surface area (Å²) in [6.45, 7) is -0.226. The van der Waals surface area contributed by atoms with Gasteiger partial charge in [0.25, 0.3) is 0 Å². The molecule has 3 aromatic rings. The quantitative estimate of drug-likeness (QED) is 0.527. The fourth-order valence-electron chi connectivity index (χ4n) is 2.75. The molecule has 0 heterocycles. The van der Waals surface area contributed by atoms with E-state index in [4.69, 9.17) is 14.2 Å². The number of hydrogen-bond acceptors (Lipinski definition) is 5. The van der Waals surface area contributed by atoms with Gasteiger partial charge < -0.3 is 19.3 Å². The highest BCUT2D eigenvalue weighted by atomic mass is 16.5. The molecule has 3 rings (SSSR count). The number of aliphatic hydroxyl groups is 1. The smallest absolute Gasteiger partial charge is 0.347 e. The average molecular weight is 364 g/mol. The number of carbonyl (C=O) groups excluding carboxylic acids is 1. The number of rotatable bonds is 6. The number of esters is 1. The predicted molar refractivity (Wildman–Crippen MR) is 102 cm³/mol. The number of ether oxygens (including phenoxy) is 3. The molecule has 0 amide bonds. The van der Waals surface area contributed by atoms with Gasteiger partial charge in [0.15, 0.2) is 0 Å². The van der Waals surface area contributed by atoms with Crippen molar-refractivity contribution in [2.24, 2.45) is 0 Å². The maximum absolute atomic E-state index is 12.6. The number of benzene rings is 3. The summed E-state index contributed by atoms with van der Waals surface area (Å²) in [5.74, 6) is 0.560. The van der Waals surface area contributed by atoms with E-state index in [1.54, 1.807) is 18.2 Å². The van der Waals surface area contributed by atoms with Crippen molar-refractivity contribution in [3.05, 3.63) is 77.9 Å². The molecule has 0 radical (unpaired) electrons. The van der Waals surface area contributed by atoms with E-state index in [0.29, 0.717) is 22.8 Å². The zero-order valence-corrected chi connectivity index (χ0v) is 15.1. The second-order valence-electron chi connectivity index (χ2n) is 5.80. The molecule has 27 heavy (non-hydrogen) atoms. The van der Waals surface area contributed by atoms with Crippen LogP contribution in [-0.2, 0) is 6.61 Å². The van der Waals surface area contributed by atoms with Crippen LogP contribution in [0.4, 0.5) is 0 Å². The first-order chi connectivity index (χ1) is 13.2. The molecule has 138 valence electrons. The van der Waals surface area contributed by atoms with Crippen LogP contribution in [0, 0.1) is 0 Å². The Morgan fingerprint density at radius 2 is 1.48 bits per heavy atom. The van der Waals surface area contributed by atoms with Crippen molar-refractivity contribution in [2.45, 2.75) is 6.61 Å². The molecule has 0 unspecified atom stereocenters. The molecule has 0 fully saturated rings. The first-order valence-corrected chi connectivity index (χ1v) is 8.39. The largest absolute Gasteiger partial charge is 0.496 e. The van der Waals surface area contributed by atoms with E-state index in [1.165, 1.54) is 20.3 Å². The lowest BCUT2D eigenvalue weighted by Gasteiger charge is -2.13. The van der Waals surface area contributed by atoms with E-state index >= 15 is 0 Å². The zero-order valence-electron chi connectivity index (χ0n) is 15.1. The highest BCUT2D eigenvalue weighted by Crippen LogP contribution is 2.30. The molecule has 3 aromatic carbocycles. The SMILES string of the molecule is COc1cc(C(=O)Oc2ccc(-c3ccccc3)cc2)c(OC)cc1CO. The summed E-state index contributed by atoms with van der Waals surface area (Å²) in [7, 11) is 2.92. The second-order valence-corrected chi connectivity index (χ2v) is 5.80. The van der Waals surface area contributed by atoms with E-state index in [2.05, 4.69) is 0 Å². The van der Waals surface area contributed by atoms with Gasteiger partial charge in [0, 0.05) is 5.56 Å². The topological polar surface area (TPSA) is 65.0 Å². The summed E-state index contributed by atoms with van der Waals surface area (Å²) in [6.07, 6.45) is 0. The Morgan fingerprint density at radius 1 is 0.852 bits per heavy atom. The third-order valence-corrected chi connectivity index (χ3v) is 4.16. The van der Waals surface area contributed by atoms with Crippen molar-refractivity contribution in [3.63, 3.8) is 0 Å². The molecule has 0 spiro atoms. The predicted octanol–water partition coefficient (Wildman–Crippen LogP) is 4.08. The normalized spacial score (nSPS) is 10.3. The third-order valence-electron chi connectivity index (χ3n) is 4.16. The summed E-state index contributed by atoms with van der Waals surface area (Å²) in [5, 5.41) is 9.40. The molecular weight excluding hydrogens is 344 g/mol. The zero-order chi connectivity index (χ0) is 19.2. The van der Waals surface area contributed by atoms with E-state index in [-0.39, 0.29) is 12.2 Å². The third kappa shape index (κ3) is 4.10. The number of aliphatic hydroxyl groups excluding tert-OH is 1. The van der Waals surface area contributed by atoms with Crippen LogP contribution in [0.5, 0.6) is 17.2 Å². The molecule has 5 nitrogen and oxygen atoms in total. The fraction of sp³-hybridized carbons (Fsp3) is 0.136. The van der Waals surface area contributed by atoms with Gasteiger partial charge in [0.2, 0.25) is 0 Å². The van der Waals surface area contributed by atoms with Crippen molar-refractivity contribution in [3.8, 4) is 28.4 Å². The Bertz CT molecular complexity index is 917. The van der Waals surface area contributed by atoms with Gasteiger partial charge in [-0.2, -0.15) is 0 Å². The maximum atomic E-state index is 12.6. The molecular formula is C22H20O5. The van der Waals surface area contributed by atoms with Gasteiger partial charge in [-0.1, -0.05) is 42.5 Å². The summed E-state index contributed by atoms with van der Waals surface area (Å²) >= 11 is 0. The first kappa shape index (κ1) is 18.5. The lowest BCUT2D eigenvalue weighted by molar-refractivity contribution is 0.0730. The average Bonchev–Trinajstić information content (AvgIpc) is 2.73. The van der Waals surface area contributed by atoms with Gasteiger partial charge in [-0.05, 0) is 35.4 Å². The molecule has 0 aromatic heterocycles. The fourth-order valence-corrected chi connectivity index (χ4v) is 2.75. The lowest BCUT2D eigenvalue weighted by atomic mass is 10.1. The van der Waals surface area contributed by atoms with Crippen molar-refractivity contribution in [1.82, 2.24) is 0 Å². The Labute approximate surface area is 157 Å². The maximum Gasteiger partial charge on any atom is 0.347 e. The van der Waals surface area contributed by atoms with Crippen LogP contribution in [0.3, 0.4) is 0 Å². The Hall–Kier alpha value is -3.31. The van der Waals surface area contributed by atoms with Crippen molar-refractivity contribution >= 4 is 5.97 Å². The van der Waals surface area contributed by atoms with Gasteiger partial charge in [-0.25, -0.2) is 4.79 Å². The van der Waals surface area contributed by atoms with E-state index in [0.717, 1.165) is 11.1 Å². The summed E-state index contributed by atoms with van der Waals surface area (Å²) in [5.41, 5.74) is 2.86. The van der Waals surface area contributed by atoms with Crippen LogP contribution < -0.4 is 14.2 Å². The van der Waals surface area contributed by atoms with Gasteiger partial charge in [-0.3, -0.25) is 0 Å². The molecule has 0 bridgehead atoms. The van der Waals surface area contributed by atoms with Gasteiger partial charge in [0.1, 0.15) is 22.8 Å². The molecule has 0 aliphatic carbocycles. The van der Waals surface area contributed by atoms with Crippen LogP contribution in [-0.4, -0.2) is 25.3 Å². The van der Waals surface area contributed by atoms with Gasteiger partial charge in [-0.15, -0.1) is 0 Å². The number of carbonyl (C=O) groups is 1. The summed E-state index contributed by atoms with van der Waals surface area (Å²) in [4.78, 5) is 12.6. The lowest BCUT2D eigenvalue weighted by Crippen LogP contribution is -2.11. The van der Waals surface area contributed by atoms with Crippen LogP contribution >= 0.6 is 0 Å². The minimum Gasteiger partial charge on any atom is -0.496 e. The summed E-state index contributed by atoms with van der Waals surface area (Å²) in [6, 6.07) is 20.3. The highest BCUT2D eigenvalue weighted by molar-refractivity contribution is 5.94. The van der Waals surface area contributed by atoms with Crippen molar-refractivity contribution in [2.75, 3.05) is 14.2 Å². The minimum atomic E-state index is -0.567. The summed E-state index contributed by atoms with van der Waals surface area (Å²) < 4.78 is 15.9. The van der Waals surface area contributed by atoms with E-state index < -0.39 is 5.97 Å². The standard InChI is InChI=1S/C22H20O5/c1-25-20-13-19(21(26-2)12-17(20)14-23)22(24)27-18-10-8-16(9-11-18)15-6-4-3-5-7-15/h3-13,23H,14H2,1-2H3. The monoisotopic (exact) mass is 364 g/mol. The molecule has 5 heteroatoms. The van der Waals surface area contributed by atoms with Crippen molar-refractivity contribution in [1.29, 1.82) is 0 Å². The van der Waals surface area contributed by atoms with Gasteiger partial charge in [0.05, 0.1) is 20.8 Å². The Kier molecular flexibility index (Phi) is 5.74. The van der Waals surface area contributed by atoms with Gasteiger partial charge >= 0.3 is 5.97 Å². The van der Waals surface area contributed by atoms with E-state index in [9.17, 15) is 9.90 Å². The van der Waals surface area contributed by atoms with E-state index in [1.807, 2.05) is 42.5 Å². The molecule has 0 saturated carbocycles. The minimum absolute atomic E-state index is 0.221. The van der Waals surface area contributed by atoms with Crippen LogP contribution in [0.25, 0.3) is 11.1 Å². The molecule has 0 aliphatic rings. The molecule has 1 N–H and O–H groups in total. The Balaban J connectivity index is 1.83. The van der Waals surface area contributed by atoms with Crippen LogP contribution in [0.15, 0.2) is 66.7 Å². The first-order valence-electron chi connectivity index (χ1n) is 8.39.